The van der Waals surface area contributed by atoms with Gasteiger partial charge in [0.15, 0.2) is 12.6 Å². The molecule has 13 nitrogen and oxygen atoms in total. The molecule has 2 fully saturated rings. The monoisotopic (exact) mass is 696 g/mol. The molecular formula is C37H52N4O9. The molecule has 0 aromatic heterocycles. The molecule has 50 heavy (non-hydrogen) atoms. The third-order valence-corrected chi connectivity index (χ3v) is 9.55. The molecule has 2 aliphatic heterocycles. The summed E-state index contributed by atoms with van der Waals surface area (Å²) in [4.78, 5) is 34.1. The summed E-state index contributed by atoms with van der Waals surface area (Å²) in [5, 5.41) is 14.5. The fourth-order valence-corrected chi connectivity index (χ4v) is 6.35. The zero-order valence-corrected chi connectivity index (χ0v) is 29.7. The Morgan fingerprint density at radius 1 is 0.920 bits per heavy atom. The van der Waals surface area contributed by atoms with Crippen LogP contribution in [0.3, 0.4) is 0 Å². The van der Waals surface area contributed by atoms with Gasteiger partial charge in [-0.1, -0.05) is 93.5 Å². The van der Waals surface area contributed by atoms with Crippen molar-refractivity contribution in [1.82, 2.24) is 4.90 Å². The Kier molecular flexibility index (Phi) is 17.4. The standard InChI is InChI=1S/C36H52N4O7.CO2/c1-6-30-33(47-34-25(3)24(2)32(41)27(5)45-34)26(4)31(38-39-37)35(46-30)43-21-15-9-14-20-40(22-28-16-10-7-11-17-28)36(42)44-23-29-18-12-8-13-19-29;2-1-3/h7-8,10-13,16-19,24-27,30-35,41H,6,9,14-15,20-23H2,1-5H3;/t24-,25?,26-,27?,30?,31?,32+,33+,34+,35+;/m1./s1. The molecule has 2 saturated heterocycles. The second-order valence-electron chi connectivity index (χ2n) is 13.0. The van der Waals surface area contributed by atoms with Crippen LogP contribution in [0.25, 0.3) is 10.4 Å². The minimum absolute atomic E-state index is 0.0120. The van der Waals surface area contributed by atoms with Crippen molar-refractivity contribution in [2.75, 3.05) is 13.2 Å². The third kappa shape index (κ3) is 11.9. The Hall–Kier alpha value is -3.80. The molecule has 1 N–H and O–H groups in total. The lowest BCUT2D eigenvalue weighted by Crippen LogP contribution is -2.57. The maximum Gasteiger partial charge on any atom is 0.410 e. The second-order valence-corrected chi connectivity index (χ2v) is 13.0. The van der Waals surface area contributed by atoms with E-state index in [4.69, 9.17) is 33.3 Å². The molecule has 1 amide bonds. The molecule has 0 spiro atoms. The van der Waals surface area contributed by atoms with E-state index in [9.17, 15) is 15.4 Å². The highest BCUT2D eigenvalue weighted by Gasteiger charge is 2.47. The molecule has 2 aliphatic rings. The largest absolute Gasteiger partial charge is 0.445 e. The Morgan fingerprint density at radius 3 is 2.18 bits per heavy atom. The molecule has 0 radical (unpaired) electrons. The highest BCUT2D eigenvalue weighted by Crippen LogP contribution is 2.37. The van der Waals surface area contributed by atoms with Crippen molar-refractivity contribution in [2.24, 2.45) is 22.9 Å². The highest BCUT2D eigenvalue weighted by molar-refractivity contribution is 5.67. The number of amides is 1. The Balaban J connectivity index is 0.00000217. The maximum atomic E-state index is 13.0. The van der Waals surface area contributed by atoms with Crippen molar-refractivity contribution >= 4 is 12.2 Å². The van der Waals surface area contributed by atoms with Gasteiger partial charge in [-0.2, -0.15) is 9.59 Å². The number of carbonyl (C=O) groups excluding carboxylic acids is 3. The molecule has 2 aromatic rings. The van der Waals surface area contributed by atoms with Gasteiger partial charge in [-0.3, -0.25) is 0 Å². The fourth-order valence-electron chi connectivity index (χ4n) is 6.35. The first-order valence-electron chi connectivity index (χ1n) is 17.4. The number of rotatable bonds is 15. The molecule has 0 bridgehead atoms. The minimum Gasteiger partial charge on any atom is -0.445 e. The summed E-state index contributed by atoms with van der Waals surface area (Å²) in [5.41, 5.74) is 11.4. The van der Waals surface area contributed by atoms with Crippen molar-refractivity contribution in [1.29, 1.82) is 0 Å². The van der Waals surface area contributed by atoms with E-state index in [1.165, 1.54) is 0 Å². The first-order valence-corrected chi connectivity index (χ1v) is 17.4. The normalized spacial score (nSPS) is 29.0. The summed E-state index contributed by atoms with van der Waals surface area (Å²) >= 11 is 0. The van der Waals surface area contributed by atoms with Crippen molar-refractivity contribution in [2.45, 2.75) is 116 Å². The van der Waals surface area contributed by atoms with Gasteiger partial charge in [0.05, 0.1) is 30.5 Å². The lowest BCUT2D eigenvalue weighted by molar-refractivity contribution is -0.318. The summed E-state index contributed by atoms with van der Waals surface area (Å²) in [5.74, 6) is -0.193. The van der Waals surface area contributed by atoms with E-state index in [-0.39, 0.29) is 54.9 Å². The van der Waals surface area contributed by atoms with Gasteiger partial charge in [-0.25, -0.2) is 4.79 Å². The molecule has 13 heteroatoms. The van der Waals surface area contributed by atoms with Crippen LogP contribution < -0.4 is 0 Å². The predicted molar refractivity (Wildman–Crippen MR) is 183 cm³/mol. The summed E-state index contributed by atoms with van der Waals surface area (Å²) in [6.07, 6.45) is 0.198. The van der Waals surface area contributed by atoms with Crippen LogP contribution in [-0.2, 0) is 46.4 Å². The zero-order chi connectivity index (χ0) is 36.5. The van der Waals surface area contributed by atoms with Crippen LogP contribution in [0, 0.1) is 17.8 Å². The lowest BCUT2D eigenvalue weighted by Gasteiger charge is -2.48. The van der Waals surface area contributed by atoms with Crippen molar-refractivity contribution in [3.63, 3.8) is 0 Å². The summed E-state index contributed by atoms with van der Waals surface area (Å²) in [6.45, 7) is 11.6. The maximum absolute atomic E-state index is 13.0. The van der Waals surface area contributed by atoms with Gasteiger partial charge in [0.25, 0.3) is 0 Å². The average Bonchev–Trinajstić information content (AvgIpc) is 3.12. The van der Waals surface area contributed by atoms with E-state index in [1.807, 2.05) is 95.3 Å². The van der Waals surface area contributed by atoms with E-state index in [0.29, 0.717) is 26.1 Å². The number of azide groups is 1. The van der Waals surface area contributed by atoms with Gasteiger partial charge in [-0.05, 0) is 61.1 Å². The Bertz CT molecular complexity index is 1360. The zero-order valence-electron chi connectivity index (χ0n) is 29.7. The van der Waals surface area contributed by atoms with E-state index in [2.05, 4.69) is 10.0 Å². The molecule has 2 heterocycles. The van der Waals surface area contributed by atoms with E-state index >= 15 is 0 Å². The Labute approximate surface area is 294 Å². The van der Waals surface area contributed by atoms with Crippen molar-refractivity contribution in [3.05, 3.63) is 82.2 Å². The molecule has 4 rings (SSSR count). The van der Waals surface area contributed by atoms with Crippen LogP contribution in [0.1, 0.15) is 71.4 Å². The van der Waals surface area contributed by atoms with Gasteiger partial charge in [-0.15, -0.1) is 0 Å². The first kappa shape index (κ1) is 40.6. The molecule has 10 atom stereocenters. The van der Waals surface area contributed by atoms with Gasteiger partial charge < -0.3 is 33.7 Å². The number of aliphatic hydroxyl groups excluding tert-OH is 1. The summed E-state index contributed by atoms with van der Waals surface area (Å²) in [6, 6.07) is 19.0. The number of aliphatic hydroxyl groups is 1. The second kappa shape index (κ2) is 21.4. The molecule has 2 aromatic carbocycles. The number of carbonyl (C=O) groups is 1. The van der Waals surface area contributed by atoms with Gasteiger partial charge in [0, 0.05) is 30.5 Å². The molecule has 0 aliphatic carbocycles. The van der Waals surface area contributed by atoms with Crippen LogP contribution in [0.5, 0.6) is 0 Å². The SMILES string of the molecule is CCC1O[C@H](OCCCCCN(Cc2ccccc2)C(=O)OCc2ccccc2)C(N=[N+]=[N-])[C@@H](C)[C@@H]1O[C@@H]1OC(C)[C@@H](O)[C@H](C)C1C.O=C=O. The number of benzene rings is 2. The fraction of sp³-hybridized carbons (Fsp3) is 0.622. The van der Waals surface area contributed by atoms with Gasteiger partial charge >= 0.3 is 12.2 Å². The number of hydrogen-bond donors (Lipinski definition) is 1. The predicted octanol–water partition coefficient (Wildman–Crippen LogP) is 6.64. The molecule has 4 unspecified atom stereocenters. The average molecular weight is 697 g/mol. The Morgan fingerprint density at radius 2 is 1.56 bits per heavy atom. The van der Waals surface area contributed by atoms with Crippen molar-refractivity contribution in [3.8, 4) is 0 Å². The quantitative estimate of drug-likeness (QED) is 0.0928. The molecule has 274 valence electrons. The van der Waals surface area contributed by atoms with Gasteiger partial charge in [0.1, 0.15) is 6.61 Å². The van der Waals surface area contributed by atoms with E-state index in [1.54, 1.807) is 4.90 Å². The third-order valence-electron chi connectivity index (χ3n) is 9.55. The highest BCUT2D eigenvalue weighted by atomic mass is 16.7. The van der Waals surface area contributed by atoms with Crippen LogP contribution in [-0.4, -0.2) is 78.4 Å². The molecule has 0 saturated carbocycles. The number of hydrogen-bond acceptors (Lipinski definition) is 10. The van der Waals surface area contributed by atoms with E-state index in [0.717, 1.165) is 30.4 Å². The first-order chi connectivity index (χ1) is 24.1. The van der Waals surface area contributed by atoms with Gasteiger partial charge in [0.2, 0.25) is 0 Å². The summed E-state index contributed by atoms with van der Waals surface area (Å²) in [7, 11) is 0. The number of ether oxygens (including phenoxy) is 5. The van der Waals surface area contributed by atoms with Crippen molar-refractivity contribution < 1.29 is 43.2 Å². The summed E-state index contributed by atoms with van der Waals surface area (Å²) < 4.78 is 30.8. The lowest BCUT2D eigenvalue weighted by atomic mass is 9.84. The van der Waals surface area contributed by atoms with Crippen LogP contribution in [0.2, 0.25) is 0 Å². The topological polar surface area (TPSA) is 170 Å². The minimum atomic E-state index is -0.697. The number of nitrogens with zero attached hydrogens (tertiary/aromatic N) is 4. The van der Waals surface area contributed by atoms with Crippen LogP contribution in [0.15, 0.2) is 65.8 Å². The number of unbranched alkanes of at least 4 members (excludes halogenated alkanes) is 2. The van der Waals surface area contributed by atoms with E-state index < -0.39 is 24.7 Å². The smallest absolute Gasteiger partial charge is 0.410 e. The van der Waals surface area contributed by atoms with Crippen LogP contribution in [0.4, 0.5) is 4.79 Å². The molecular weight excluding hydrogens is 644 g/mol. The van der Waals surface area contributed by atoms with Crippen LogP contribution >= 0.6 is 0 Å².